The largest absolute Gasteiger partial charge is 0.506 e. The summed E-state index contributed by atoms with van der Waals surface area (Å²) in [6, 6.07) is 7.63. The van der Waals surface area contributed by atoms with Crippen LogP contribution < -0.4 is 0 Å². The van der Waals surface area contributed by atoms with Crippen molar-refractivity contribution in [1.82, 2.24) is 4.98 Å². The normalized spacial score (nSPS) is 10.5. The molecule has 5 nitrogen and oxygen atoms in total. The fraction of sp³-hybridized carbons (Fsp3) is 0.308. The van der Waals surface area contributed by atoms with Crippen molar-refractivity contribution in [2.45, 2.75) is 0 Å². The topological polar surface area (TPSA) is 73.3 Å². The summed E-state index contributed by atoms with van der Waals surface area (Å²) in [5.74, 6) is 2.93. The smallest absolute Gasteiger partial charge is 0.140 e. The van der Waals surface area contributed by atoms with E-state index < -0.39 is 0 Å². The molecular weight excluding hydrogens is 263 g/mol. The van der Waals surface area contributed by atoms with Gasteiger partial charge in [0.15, 0.2) is 0 Å². The van der Waals surface area contributed by atoms with Gasteiger partial charge in [0.2, 0.25) is 0 Å². The monoisotopic (exact) mass is 281 g/mol. The number of aliphatic hydroxyl groups excluding tert-OH is 1. The first kappa shape index (κ1) is 15.5. The summed E-state index contributed by atoms with van der Waals surface area (Å²) in [6.45, 7) is 0.644. The molecule has 0 aliphatic carbocycles. The van der Waals surface area contributed by atoms with E-state index in [2.05, 4.69) is 10.7 Å². The summed E-state index contributed by atoms with van der Waals surface area (Å²) < 4.78 is 10.3. The molecule has 0 saturated heterocycles. The molecule has 0 fully saturated rings. The molecule has 0 aliphatic heterocycles. The van der Waals surface area contributed by atoms with Crippen LogP contribution in [0.4, 0.5) is 0 Å². The Balaban J connectivity index is 0.000000192. The summed E-state index contributed by atoms with van der Waals surface area (Å²) in [5.41, 5.74) is 0.972. The number of aromatic hydroxyl groups is 1. The maximum atomic E-state index is 9.98. The van der Waals surface area contributed by atoms with Crippen molar-refractivity contribution in [3.05, 3.63) is 30.5 Å². The Morgan fingerprint density at radius 1 is 1.37 bits per heavy atom. The fourth-order valence-corrected chi connectivity index (χ4v) is 1.79. The maximum absolute atomic E-state index is 9.98. The number of rotatable bonds is 2. The second-order valence-electron chi connectivity index (χ2n) is 4.54. The van der Waals surface area contributed by atoms with E-state index in [4.69, 9.17) is 5.11 Å². The van der Waals surface area contributed by atoms with E-state index in [0.29, 0.717) is 16.8 Å². The fourth-order valence-electron chi connectivity index (χ4n) is 1.47. The number of aromatic amines is 1. The zero-order valence-corrected chi connectivity index (χ0v) is 11.9. The van der Waals surface area contributed by atoms with E-state index in [-0.39, 0.29) is 14.5 Å². The molecule has 19 heavy (non-hydrogen) atoms. The molecule has 1 aromatic heterocycles. The number of nitrogens with zero attached hydrogens (tertiary/aromatic N) is 1. The first-order chi connectivity index (χ1) is 9.00. The summed E-state index contributed by atoms with van der Waals surface area (Å²) in [6.07, 6.45) is 1.59. The number of quaternary nitrogens is 1. The van der Waals surface area contributed by atoms with E-state index in [0.717, 1.165) is 10.9 Å². The van der Waals surface area contributed by atoms with Crippen LogP contribution in [0.2, 0.25) is 0 Å². The zero-order valence-electron chi connectivity index (χ0n) is 11.0. The minimum Gasteiger partial charge on any atom is -0.506 e. The van der Waals surface area contributed by atoms with Crippen molar-refractivity contribution in [2.24, 2.45) is 0 Å². The molecule has 1 aromatic carbocycles. The number of fused-ring (bicyclic) bond motifs is 1. The van der Waals surface area contributed by atoms with Gasteiger partial charge in [-0.1, -0.05) is 12.1 Å². The Bertz CT molecular complexity index is 631. The van der Waals surface area contributed by atoms with E-state index in [1.807, 2.05) is 38.4 Å². The summed E-state index contributed by atoms with van der Waals surface area (Å²) in [5, 5.41) is 18.5. The molecule has 0 radical (unpaired) electrons. The van der Waals surface area contributed by atoms with Gasteiger partial charge in [-0.3, -0.25) is 0 Å². The first-order valence-corrected chi connectivity index (χ1v) is 6.60. The van der Waals surface area contributed by atoms with Crippen molar-refractivity contribution in [2.75, 3.05) is 27.2 Å². The van der Waals surface area contributed by atoms with E-state index in [1.165, 1.54) is 0 Å². The molecule has 102 valence electrons. The predicted molar refractivity (Wildman–Crippen MR) is 75.5 cm³/mol. The van der Waals surface area contributed by atoms with Gasteiger partial charge in [0.1, 0.15) is 5.75 Å². The van der Waals surface area contributed by atoms with Gasteiger partial charge >= 0.3 is 55.1 Å². The number of aliphatic hydroxyl groups is 1. The summed E-state index contributed by atoms with van der Waals surface area (Å²) in [7, 11) is 3.54. The number of para-hydroxylation sites is 1. The first-order valence-electron chi connectivity index (χ1n) is 5.78. The number of hydrogen-bond acceptors (Lipinski definition) is 3. The molecule has 0 unspecified atom stereocenters. The second-order valence-corrected chi connectivity index (χ2v) is 4.93. The predicted octanol–water partition coefficient (Wildman–Crippen LogP) is 2.14. The van der Waals surface area contributed by atoms with Gasteiger partial charge in [0.25, 0.3) is 0 Å². The third kappa shape index (κ3) is 4.93. The van der Waals surface area contributed by atoms with Gasteiger partial charge in [0.05, 0.1) is 0 Å². The minimum atomic E-state index is -0.105. The molecule has 0 aliphatic rings. The van der Waals surface area contributed by atoms with Crippen LogP contribution in [0, 0.1) is 5.75 Å². The molecule has 3 N–H and O–H groups in total. The standard InChI is InChI=1S/C8H7NO.C5H11NO2P/c10-8-5-9-7-4-2-1-3-6(7)8;1-6(2,3-4-7)5-9-8/h1-5,9-10H;7H,3-4H2,1-2H3/q;+1. The molecule has 0 saturated carbocycles. The maximum Gasteiger partial charge on any atom is 0.140 e. The van der Waals surface area contributed by atoms with Gasteiger partial charge in [0, 0.05) is 17.1 Å². The number of likely N-dealkylation sites (N-methyl/N-ethyl adjacent to an activating group) is 1. The Hall–Kier alpha value is -1.51. The van der Waals surface area contributed by atoms with Gasteiger partial charge in [-0.15, -0.1) is 0 Å². The molecule has 1 heterocycles. The van der Waals surface area contributed by atoms with Gasteiger partial charge < -0.3 is 10.1 Å². The quantitative estimate of drug-likeness (QED) is 0.583. The molecular formula is C13H18N2O3P+. The van der Waals surface area contributed by atoms with E-state index >= 15 is 0 Å². The number of aromatic nitrogens is 1. The molecule has 0 bridgehead atoms. The van der Waals surface area contributed by atoms with Crippen LogP contribution in [0.5, 0.6) is 5.75 Å². The summed E-state index contributed by atoms with van der Waals surface area (Å²) in [4.78, 5) is 2.94. The third-order valence-corrected chi connectivity index (χ3v) is 3.16. The van der Waals surface area contributed by atoms with Crippen molar-refractivity contribution in [1.29, 1.82) is 0 Å². The molecule has 0 amide bonds. The van der Waals surface area contributed by atoms with Gasteiger partial charge in [-0.25, -0.2) is 0 Å². The SMILES string of the molecule is C[N+](C)(C#P=O)CCO.Oc1c[nH]c2ccccc12. The van der Waals surface area contributed by atoms with Crippen LogP contribution in [0.1, 0.15) is 0 Å². The Kier molecular flexibility index (Phi) is 5.87. The second kappa shape index (κ2) is 7.17. The van der Waals surface area contributed by atoms with Crippen LogP contribution in [0.3, 0.4) is 0 Å². The third-order valence-electron chi connectivity index (χ3n) is 2.54. The van der Waals surface area contributed by atoms with E-state index in [1.54, 1.807) is 6.20 Å². The average Bonchev–Trinajstić information content (AvgIpc) is 2.72. The Morgan fingerprint density at radius 3 is 2.63 bits per heavy atom. The molecule has 2 rings (SSSR count). The Morgan fingerprint density at radius 2 is 2.05 bits per heavy atom. The van der Waals surface area contributed by atoms with Gasteiger partial charge in [-0.05, 0) is 12.1 Å². The van der Waals surface area contributed by atoms with Crippen molar-refractivity contribution < 1.29 is 19.3 Å². The molecule has 0 atom stereocenters. The van der Waals surface area contributed by atoms with Crippen molar-refractivity contribution >= 4 is 18.8 Å². The number of hydrogen-bond donors (Lipinski definition) is 3. The van der Waals surface area contributed by atoms with Gasteiger partial charge in [-0.2, -0.15) is 0 Å². The molecule has 0 spiro atoms. The average molecular weight is 281 g/mol. The van der Waals surface area contributed by atoms with Crippen LogP contribution in [0.15, 0.2) is 30.5 Å². The van der Waals surface area contributed by atoms with Crippen LogP contribution in [-0.2, 0) is 4.57 Å². The van der Waals surface area contributed by atoms with E-state index in [9.17, 15) is 9.67 Å². The molecule has 6 heteroatoms. The van der Waals surface area contributed by atoms with Crippen molar-refractivity contribution in [3.8, 4) is 11.5 Å². The molecule has 2 aromatic rings. The number of H-pyrrole nitrogens is 1. The van der Waals surface area contributed by atoms with Crippen LogP contribution in [-0.4, -0.2) is 46.9 Å². The zero-order chi connectivity index (χ0) is 14.3. The van der Waals surface area contributed by atoms with Crippen LogP contribution in [0.25, 0.3) is 10.9 Å². The van der Waals surface area contributed by atoms with Crippen molar-refractivity contribution in [3.63, 3.8) is 0 Å². The minimum absolute atomic E-state index is 0.0928. The van der Waals surface area contributed by atoms with Crippen LogP contribution >= 0.6 is 7.92 Å². The Labute approximate surface area is 113 Å². The number of nitrogens with one attached hydrogen (secondary N) is 1. The number of benzene rings is 1. The summed E-state index contributed by atoms with van der Waals surface area (Å²) >= 11 is 0.